The molecule has 0 spiro atoms. The van der Waals surface area contributed by atoms with Gasteiger partial charge >= 0.3 is 0 Å². The number of hydrogen-bond acceptors (Lipinski definition) is 2. The van der Waals surface area contributed by atoms with Gasteiger partial charge in [0.1, 0.15) is 5.58 Å². The molecule has 0 N–H and O–H groups in total. The van der Waals surface area contributed by atoms with Crippen LogP contribution in [0.4, 0.5) is 11.4 Å². The zero-order valence-corrected chi connectivity index (χ0v) is 31.1. The second-order valence-electron chi connectivity index (χ2n) is 15.2. The Labute approximate surface area is 330 Å². The van der Waals surface area contributed by atoms with Gasteiger partial charge in [-0.1, -0.05) is 152 Å². The summed E-state index contributed by atoms with van der Waals surface area (Å²) in [5.74, 6) is 0. The molecular formula is C54H36N2O. The van der Waals surface area contributed by atoms with Crippen LogP contribution in [0.5, 0.6) is 0 Å². The van der Waals surface area contributed by atoms with Crippen molar-refractivity contribution in [1.82, 2.24) is 4.57 Å². The van der Waals surface area contributed by atoms with E-state index in [1.54, 1.807) is 0 Å². The first-order valence-electron chi connectivity index (χ1n) is 19.8. The lowest BCUT2D eigenvalue weighted by Gasteiger charge is -2.30. The standard InChI is InChI=1S/C54H36N2O/c1-3-15-35(16-4-1)39-19-7-11-23-46(39)55-47-24-12-8-20-41(47)44-33-37(27-30-49(44)55)38-28-31-50-45(34-38)42-21-9-13-25-48(42)56(50)51-32-29-40(36-17-5-2-6-18-36)53-43-22-10-14-26-52(43)57-54(51)53/h1-23,25-34,47H,24H2. The average molecular weight is 729 g/mol. The molecule has 10 aromatic rings. The predicted molar refractivity (Wildman–Crippen MR) is 238 cm³/mol. The Bertz CT molecular complexity index is 3270. The van der Waals surface area contributed by atoms with E-state index in [2.05, 4.69) is 210 Å². The van der Waals surface area contributed by atoms with Crippen LogP contribution in [0.2, 0.25) is 0 Å². The van der Waals surface area contributed by atoms with Crippen molar-refractivity contribution in [2.45, 2.75) is 12.5 Å². The fraction of sp³-hybridized carbons (Fsp3) is 0.0370. The van der Waals surface area contributed by atoms with Gasteiger partial charge in [-0.3, -0.25) is 0 Å². The molecule has 0 radical (unpaired) electrons. The number of rotatable bonds is 5. The van der Waals surface area contributed by atoms with Crippen molar-refractivity contribution in [2.24, 2.45) is 0 Å². The molecule has 3 heterocycles. The van der Waals surface area contributed by atoms with Crippen molar-refractivity contribution < 1.29 is 4.42 Å². The van der Waals surface area contributed by atoms with E-state index in [9.17, 15) is 0 Å². The van der Waals surface area contributed by atoms with Crippen LogP contribution in [-0.4, -0.2) is 10.6 Å². The van der Waals surface area contributed by atoms with Crippen molar-refractivity contribution in [2.75, 3.05) is 4.90 Å². The molecular weight excluding hydrogens is 693 g/mol. The molecule has 0 saturated heterocycles. The van der Waals surface area contributed by atoms with Gasteiger partial charge in [-0.05, 0) is 88.3 Å². The van der Waals surface area contributed by atoms with Gasteiger partial charge in [-0.25, -0.2) is 0 Å². The number of furan rings is 1. The van der Waals surface area contributed by atoms with Gasteiger partial charge in [0, 0.05) is 44.0 Å². The van der Waals surface area contributed by atoms with E-state index in [1.165, 1.54) is 66.7 Å². The largest absolute Gasteiger partial charge is 0.454 e. The van der Waals surface area contributed by atoms with Crippen LogP contribution >= 0.6 is 0 Å². The molecule has 3 nitrogen and oxygen atoms in total. The summed E-state index contributed by atoms with van der Waals surface area (Å²) in [4.78, 5) is 2.56. The Morgan fingerprint density at radius 2 is 1.11 bits per heavy atom. The summed E-state index contributed by atoms with van der Waals surface area (Å²) in [6.07, 6.45) is 7.81. The maximum Gasteiger partial charge on any atom is 0.160 e. The van der Waals surface area contributed by atoms with Crippen molar-refractivity contribution in [3.63, 3.8) is 0 Å². The molecule has 3 heteroatoms. The minimum atomic E-state index is 0.244. The quantitative estimate of drug-likeness (QED) is 0.176. The fourth-order valence-electron chi connectivity index (χ4n) is 9.56. The number of aromatic nitrogens is 1. The lowest BCUT2D eigenvalue weighted by atomic mass is 9.93. The van der Waals surface area contributed by atoms with E-state index in [4.69, 9.17) is 4.42 Å². The summed E-state index contributed by atoms with van der Waals surface area (Å²) in [6, 6.07) is 66.2. The normalized spacial score (nSPS) is 14.8. The molecule has 12 rings (SSSR count). The third kappa shape index (κ3) is 4.85. The van der Waals surface area contributed by atoms with Crippen LogP contribution in [0, 0.1) is 0 Å². The summed E-state index contributed by atoms with van der Waals surface area (Å²) in [6.45, 7) is 0. The first-order valence-corrected chi connectivity index (χ1v) is 19.8. The number of hydrogen-bond donors (Lipinski definition) is 0. The summed E-state index contributed by atoms with van der Waals surface area (Å²) in [5, 5.41) is 4.70. The van der Waals surface area contributed by atoms with Crippen LogP contribution in [-0.2, 0) is 0 Å². The minimum Gasteiger partial charge on any atom is -0.454 e. The summed E-state index contributed by atoms with van der Waals surface area (Å²) in [5.41, 5.74) is 17.6. The molecule has 1 unspecified atom stereocenters. The first-order chi connectivity index (χ1) is 28.3. The fourth-order valence-corrected chi connectivity index (χ4v) is 9.56. The highest BCUT2D eigenvalue weighted by Crippen LogP contribution is 2.51. The van der Waals surface area contributed by atoms with Crippen LogP contribution < -0.4 is 4.90 Å². The Hall–Kier alpha value is -7.36. The van der Waals surface area contributed by atoms with Gasteiger partial charge in [0.05, 0.1) is 22.8 Å². The highest BCUT2D eigenvalue weighted by molar-refractivity contribution is 6.17. The third-order valence-corrected chi connectivity index (χ3v) is 12.1. The van der Waals surface area contributed by atoms with Gasteiger partial charge < -0.3 is 13.9 Å². The molecule has 8 aromatic carbocycles. The smallest absolute Gasteiger partial charge is 0.160 e. The zero-order valence-electron chi connectivity index (χ0n) is 31.1. The minimum absolute atomic E-state index is 0.244. The van der Waals surface area contributed by atoms with Crippen LogP contribution in [0.15, 0.2) is 205 Å². The zero-order chi connectivity index (χ0) is 37.5. The van der Waals surface area contributed by atoms with Gasteiger partial charge in [0.15, 0.2) is 5.58 Å². The molecule has 0 bridgehead atoms. The van der Waals surface area contributed by atoms with E-state index in [0.717, 1.165) is 45.1 Å². The van der Waals surface area contributed by atoms with Crippen molar-refractivity contribution in [3.05, 3.63) is 206 Å². The number of anilines is 2. The van der Waals surface area contributed by atoms with Gasteiger partial charge in [0.2, 0.25) is 0 Å². The molecule has 57 heavy (non-hydrogen) atoms. The molecule has 2 aromatic heterocycles. The topological polar surface area (TPSA) is 21.3 Å². The maximum absolute atomic E-state index is 6.78. The maximum atomic E-state index is 6.78. The van der Waals surface area contributed by atoms with Crippen LogP contribution in [0.3, 0.4) is 0 Å². The van der Waals surface area contributed by atoms with E-state index >= 15 is 0 Å². The highest BCUT2D eigenvalue weighted by Gasteiger charge is 2.36. The molecule has 1 aliphatic heterocycles. The van der Waals surface area contributed by atoms with Crippen LogP contribution in [0.25, 0.3) is 88.4 Å². The molecule has 0 saturated carbocycles. The second kappa shape index (κ2) is 12.6. The lowest BCUT2D eigenvalue weighted by molar-refractivity contribution is 0.666. The molecule has 2 aliphatic rings. The van der Waals surface area contributed by atoms with Crippen molar-refractivity contribution in [3.8, 4) is 39.1 Å². The molecule has 1 aliphatic carbocycles. The number of nitrogens with zero attached hydrogens (tertiary/aromatic N) is 2. The summed E-state index contributed by atoms with van der Waals surface area (Å²) in [7, 11) is 0. The summed E-state index contributed by atoms with van der Waals surface area (Å²) >= 11 is 0. The number of allylic oxidation sites excluding steroid dienone is 2. The van der Waals surface area contributed by atoms with Crippen molar-refractivity contribution >= 4 is 60.7 Å². The van der Waals surface area contributed by atoms with Gasteiger partial charge in [-0.2, -0.15) is 0 Å². The lowest BCUT2D eigenvalue weighted by Crippen LogP contribution is -2.27. The summed E-state index contributed by atoms with van der Waals surface area (Å²) < 4.78 is 9.18. The third-order valence-electron chi connectivity index (χ3n) is 12.1. The van der Waals surface area contributed by atoms with E-state index in [-0.39, 0.29) is 6.04 Å². The average Bonchev–Trinajstić information content (AvgIpc) is 3.94. The molecule has 0 fully saturated rings. The SMILES string of the molecule is C1=CCC2C(=C1)c1cc(-c3ccc4c(c3)c3ccccc3n4-c3ccc(-c4ccccc4)c4c3oc3ccccc34)ccc1N2c1ccccc1-c1ccccc1. The van der Waals surface area contributed by atoms with Crippen molar-refractivity contribution in [1.29, 1.82) is 0 Å². The van der Waals surface area contributed by atoms with E-state index in [0.29, 0.717) is 0 Å². The number of fused-ring (bicyclic) bond motifs is 9. The monoisotopic (exact) mass is 728 g/mol. The Morgan fingerprint density at radius 3 is 1.96 bits per heavy atom. The molecule has 1 atom stereocenters. The van der Waals surface area contributed by atoms with Gasteiger partial charge in [0.25, 0.3) is 0 Å². The first kappa shape index (κ1) is 31.9. The van der Waals surface area contributed by atoms with E-state index < -0.39 is 0 Å². The second-order valence-corrected chi connectivity index (χ2v) is 15.2. The Morgan fingerprint density at radius 1 is 0.456 bits per heavy atom. The van der Waals surface area contributed by atoms with Crippen LogP contribution in [0.1, 0.15) is 12.0 Å². The predicted octanol–water partition coefficient (Wildman–Crippen LogP) is 14.5. The Kier molecular flexibility index (Phi) is 7.05. The number of benzene rings is 8. The molecule has 268 valence electrons. The molecule has 0 amide bonds. The number of para-hydroxylation sites is 3. The van der Waals surface area contributed by atoms with Gasteiger partial charge in [-0.15, -0.1) is 0 Å². The Balaban J connectivity index is 1.02. The van der Waals surface area contributed by atoms with E-state index in [1.807, 2.05) is 0 Å². The highest BCUT2D eigenvalue weighted by atomic mass is 16.3.